The summed E-state index contributed by atoms with van der Waals surface area (Å²) < 4.78 is 0. The average molecular weight is 1430 g/mol. The Hall–Kier alpha value is -15.0. The van der Waals surface area contributed by atoms with Crippen molar-refractivity contribution in [1.29, 1.82) is 0 Å². The fourth-order valence-corrected chi connectivity index (χ4v) is 15.6. The third kappa shape index (κ3) is 13.5. The molecule has 20 aromatic rings. The van der Waals surface area contributed by atoms with Gasteiger partial charge in [-0.2, -0.15) is 0 Å². The molecule has 0 spiro atoms. The van der Waals surface area contributed by atoms with Crippen LogP contribution in [0.25, 0.3) is 200 Å². The first-order chi connectivity index (χ1) is 55.5. The zero-order chi connectivity index (χ0) is 74.5. The van der Waals surface area contributed by atoms with E-state index < -0.39 is 0 Å². The number of aromatic nitrogens is 6. The van der Waals surface area contributed by atoms with Crippen LogP contribution >= 0.6 is 0 Å². The number of hydrogen-bond donors (Lipinski definition) is 0. The minimum absolute atomic E-state index is 0.634. The van der Waals surface area contributed by atoms with E-state index in [0.717, 1.165) is 72.3 Å². The Labute approximate surface area is 650 Å². The maximum atomic E-state index is 5.07. The van der Waals surface area contributed by atoms with Gasteiger partial charge in [0.15, 0.2) is 34.9 Å². The first kappa shape index (κ1) is 67.6. The number of rotatable bonds is 14. The van der Waals surface area contributed by atoms with E-state index >= 15 is 0 Å². The monoisotopic (exact) mass is 1430 g/mol. The Kier molecular flexibility index (Phi) is 18.3. The highest BCUT2D eigenvalue weighted by atomic mass is 15.0. The molecule has 6 nitrogen and oxygen atoms in total. The van der Waals surface area contributed by atoms with Gasteiger partial charge in [-0.15, -0.1) is 0 Å². The van der Waals surface area contributed by atoms with E-state index in [2.05, 4.69) is 352 Å². The van der Waals surface area contributed by atoms with Crippen LogP contribution in [-0.2, 0) is 0 Å². The standard InChI is InChI=1S/2C53H35N3/c1-5-16-36(17-6-1)42-24-15-25-44(34-42)53-55-51(40-22-11-4-12-23-40)54-52(56-53)41-30-28-37(29-31-41)43-32-33-47-48(35-43)50(39-20-9-3-10-21-39)46-27-14-13-26-45(46)49(47)38-18-7-2-8-19-38;1-5-15-36(16-6-1)37-25-29-42(30-26-37)52-54-51(41-21-11-4-12-22-41)55-53(56-52)43-31-27-38(28-32-43)44-33-34-47-48(35-44)50(40-19-9-3-10-20-40)46-24-14-13-23-45(46)49(47)39-17-7-2-8-18-39/h2*1-35H. The first-order valence-corrected chi connectivity index (χ1v) is 37.9. The second kappa shape index (κ2) is 30.3. The van der Waals surface area contributed by atoms with Crippen molar-refractivity contribution in [2.24, 2.45) is 0 Å². The molecule has 0 saturated carbocycles. The summed E-state index contributed by atoms with van der Waals surface area (Å²) in [5.74, 6) is 3.84. The molecule has 0 fully saturated rings. The first-order valence-electron chi connectivity index (χ1n) is 37.9. The lowest BCUT2D eigenvalue weighted by molar-refractivity contribution is 1.07. The third-order valence-electron chi connectivity index (χ3n) is 21.1. The summed E-state index contributed by atoms with van der Waals surface area (Å²) in [6.45, 7) is 0. The number of nitrogens with zero attached hydrogens (tertiary/aromatic N) is 6. The molecule has 112 heavy (non-hydrogen) atoms. The van der Waals surface area contributed by atoms with Gasteiger partial charge in [0.05, 0.1) is 0 Å². The van der Waals surface area contributed by atoms with Gasteiger partial charge in [-0.3, -0.25) is 0 Å². The van der Waals surface area contributed by atoms with Crippen LogP contribution in [0.4, 0.5) is 0 Å². The van der Waals surface area contributed by atoms with Crippen molar-refractivity contribution in [3.63, 3.8) is 0 Å². The predicted octanol–water partition coefficient (Wildman–Crippen LogP) is 27.7. The maximum absolute atomic E-state index is 5.07. The van der Waals surface area contributed by atoms with E-state index in [1.807, 2.05) is 72.8 Å². The van der Waals surface area contributed by atoms with Crippen molar-refractivity contribution >= 4 is 43.1 Å². The van der Waals surface area contributed by atoms with E-state index in [9.17, 15) is 0 Å². The van der Waals surface area contributed by atoms with E-state index in [0.29, 0.717) is 34.9 Å². The molecule has 0 atom stereocenters. The lowest BCUT2D eigenvalue weighted by Gasteiger charge is -2.18. The van der Waals surface area contributed by atoms with E-state index in [1.165, 1.54) is 93.2 Å². The van der Waals surface area contributed by atoms with Gasteiger partial charge in [-0.05, 0) is 150 Å². The fraction of sp³-hybridized carbons (Fsp3) is 0. The highest BCUT2D eigenvalue weighted by molar-refractivity contribution is 6.23. The van der Waals surface area contributed by atoms with Crippen LogP contribution in [0, 0.1) is 0 Å². The molecule has 2 heterocycles. The molecule has 0 radical (unpaired) electrons. The molecule has 0 N–H and O–H groups in total. The normalized spacial score (nSPS) is 11.2. The molecule has 0 aliphatic carbocycles. The van der Waals surface area contributed by atoms with Gasteiger partial charge in [0.2, 0.25) is 0 Å². The topological polar surface area (TPSA) is 77.3 Å². The van der Waals surface area contributed by atoms with Crippen molar-refractivity contribution in [3.05, 3.63) is 425 Å². The quantitative estimate of drug-likeness (QED) is 0.101. The van der Waals surface area contributed by atoms with E-state index in [1.54, 1.807) is 0 Å². The lowest BCUT2D eigenvalue weighted by atomic mass is 9.85. The van der Waals surface area contributed by atoms with Crippen LogP contribution in [0.2, 0.25) is 0 Å². The molecule has 0 aliphatic heterocycles. The summed E-state index contributed by atoms with van der Waals surface area (Å²) in [7, 11) is 0. The Morgan fingerprint density at radius 2 is 0.268 bits per heavy atom. The largest absolute Gasteiger partial charge is 0.208 e. The molecule has 2 aromatic heterocycles. The van der Waals surface area contributed by atoms with Crippen LogP contribution in [0.5, 0.6) is 0 Å². The predicted molar refractivity (Wildman–Crippen MR) is 466 cm³/mol. The number of hydrogen-bond acceptors (Lipinski definition) is 6. The van der Waals surface area contributed by atoms with Crippen molar-refractivity contribution in [2.75, 3.05) is 0 Å². The third-order valence-corrected chi connectivity index (χ3v) is 21.1. The smallest absolute Gasteiger partial charge is 0.164 e. The van der Waals surface area contributed by atoms with Crippen LogP contribution in [-0.4, -0.2) is 29.9 Å². The van der Waals surface area contributed by atoms with Gasteiger partial charge < -0.3 is 0 Å². The summed E-state index contributed by atoms with van der Waals surface area (Å²) in [4.78, 5) is 30.1. The minimum Gasteiger partial charge on any atom is -0.208 e. The van der Waals surface area contributed by atoms with Gasteiger partial charge >= 0.3 is 0 Å². The number of fused-ring (bicyclic) bond motifs is 4. The molecule has 0 aliphatic rings. The molecule has 6 heteroatoms. The van der Waals surface area contributed by atoms with Crippen LogP contribution in [0.1, 0.15) is 0 Å². The van der Waals surface area contributed by atoms with Gasteiger partial charge in [0.25, 0.3) is 0 Å². The molecule has 524 valence electrons. The zero-order valence-electron chi connectivity index (χ0n) is 61.1. The van der Waals surface area contributed by atoms with Crippen molar-refractivity contribution in [2.45, 2.75) is 0 Å². The van der Waals surface area contributed by atoms with Crippen LogP contribution in [0.15, 0.2) is 425 Å². The highest BCUT2D eigenvalue weighted by Gasteiger charge is 2.22. The zero-order valence-corrected chi connectivity index (χ0v) is 61.1. The molecular weight excluding hydrogens is 1360 g/mol. The number of benzene rings is 18. The van der Waals surface area contributed by atoms with Gasteiger partial charge in [0.1, 0.15) is 0 Å². The molecule has 0 amide bonds. The van der Waals surface area contributed by atoms with Crippen molar-refractivity contribution in [3.8, 4) is 157 Å². The van der Waals surface area contributed by atoms with Gasteiger partial charge in [-0.1, -0.05) is 406 Å². The van der Waals surface area contributed by atoms with Gasteiger partial charge in [-0.25, -0.2) is 29.9 Å². The van der Waals surface area contributed by atoms with E-state index in [-0.39, 0.29) is 0 Å². The second-order valence-corrected chi connectivity index (χ2v) is 28.0. The van der Waals surface area contributed by atoms with Crippen molar-refractivity contribution < 1.29 is 0 Å². The van der Waals surface area contributed by atoms with Gasteiger partial charge in [0, 0.05) is 33.4 Å². The SMILES string of the molecule is c1ccc(-c2ccc(-c3nc(-c4ccccc4)nc(-c4ccc(-c5ccc6c(-c7ccccc7)c7ccccc7c(-c7ccccc7)c6c5)cc4)n3)cc2)cc1.c1ccc(-c2cccc(-c3nc(-c4ccccc4)nc(-c4ccc(-c5ccc6c(-c7ccccc7)c7ccccc7c(-c7ccccc7)c6c5)cc4)n3)c2)cc1. The summed E-state index contributed by atoms with van der Waals surface area (Å²) in [5, 5.41) is 9.90. The van der Waals surface area contributed by atoms with E-state index in [4.69, 9.17) is 29.9 Å². The van der Waals surface area contributed by atoms with Crippen LogP contribution < -0.4 is 0 Å². The summed E-state index contributed by atoms with van der Waals surface area (Å²) >= 11 is 0. The molecule has 0 unspecified atom stereocenters. The average Bonchev–Trinajstić information content (AvgIpc) is 0.736. The summed E-state index contributed by atoms with van der Waals surface area (Å²) in [5.41, 5.74) is 24.6. The Morgan fingerprint density at radius 3 is 0.571 bits per heavy atom. The summed E-state index contributed by atoms with van der Waals surface area (Å²) in [6.07, 6.45) is 0. The second-order valence-electron chi connectivity index (χ2n) is 28.0. The van der Waals surface area contributed by atoms with Crippen LogP contribution in [0.3, 0.4) is 0 Å². The summed E-state index contributed by atoms with van der Waals surface area (Å²) in [6, 6.07) is 150. The maximum Gasteiger partial charge on any atom is 0.164 e. The Balaban J connectivity index is 0.000000151. The fourth-order valence-electron chi connectivity index (χ4n) is 15.6. The molecule has 20 rings (SSSR count). The molecule has 0 bridgehead atoms. The lowest BCUT2D eigenvalue weighted by Crippen LogP contribution is -2.00. The molecule has 18 aromatic carbocycles. The highest BCUT2D eigenvalue weighted by Crippen LogP contribution is 2.48. The molecular formula is C106H70N6. The van der Waals surface area contributed by atoms with Crippen molar-refractivity contribution in [1.82, 2.24) is 29.9 Å². The molecule has 0 saturated heterocycles. The Morgan fingerprint density at radius 1 is 0.0982 bits per heavy atom. The Bertz CT molecular complexity index is 6770. The minimum atomic E-state index is 0.634.